The van der Waals surface area contributed by atoms with Gasteiger partial charge in [0.15, 0.2) is 0 Å². The van der Waals surface area contributed by atoms with Crippen LogP contribution in [0.15, 0.2) is 48.7 Å². The SMILES string of the molecule is CCN(Cc1ccccn1)c1ccccc1[C@H](C)N. The Labute approximate surface area is 115 Å². The Balaban J connectivity index is 2.27. The van der Waals surface area contributed by atoms with Gasteiger partial charge in [0.05, 0.1) is 12.2 Å². The van der Waals surface area contributed by atoms with Crippen molar-refractivity contribution >= 4 is 5.69 Å². The Morgan fingerprint density at radius 1 is 1.16 bits per heavy atom. The van der Waals surface area contributed by atoms with Gasteiger partial charge in [0.25, 0.3) is 0 Å². The van der Waals surface area contributed by atoms with Crippen LogP contribution >= 0.6 is 0 Å². The average molecular weight is 255 g/mol. The number of nitrogens with zero attached hydrogens (tertiary/aromatic N) is 2. The van der Waals surface area contributed by atoms with Gasteiger partial charge in [0.2, 0.25) is 0 Å². The summed E-state index contributed by atoms with van der Waals surface area (Å²) in [5.41, 5.74) is 9.51. The summed E-state index contributed by atoms with van der Waals surface area (Å²) in [6, 6.07) is 14.4. The molecule has 2 rings (SSSR count). The number of pyridine rings is 1. The molecule has 1 aromatic heterocycles. The molecular formula is C16H21N3. The smallest absolute Gasteiger partial charge is 0.0602 e. The number of nitrogens with two attached hydrogens (primary N) is 1. The van der Waals surface area contributed by atoms with Crippen LogP contribution < -0.4 is 10.6 Å². The number of rotatable bonds is 5. The monoisotopic (exact) mass is 255 g/mol. The van der Waals surface area contributed by atoms with Crippen molar-refractivity contribution < 1.29 is 0 Å². The van der Waals surface area contributed by atoms with E-state index < -0.39 is 0 Å². The first-order valence-electron chi connectivity index (χ1n) is 6.71. The standard InChI is InChI=1S/C16H21N3/c1-3-19(12-14-8-6-7-11-18-14)16-10-5-4-9-15(16)13(2)17/h4-11,13H,3,12,17H2,1-2H3/t13-/m0/s1. The number of anilines is 1. The molecule has 0 amide bonds. The Morgan fingerprint density at radius 3 is 2.53 bits per heavy atom. The minimum atomic E-state index is 0.0361. The first-order valence-corrected chi connectivity index (χ1v) is 6.71. The molecule has 19 heavy (non-hydrogen) atoms. The highest BCUT2D eigenvalue weighted by Crippen LogP contribution is 2.25. The van der Waals surface area contributed by atoms with Crippen molar-refractivity contribution in [3.8, 4) is 0 Å². The van der Waals surface area contributed by atoms with Crippen LogP contribution in [-0.4, -0.2) is 11.5 Å². The van der Waals surface area contributed by atoms with E-state index in [0.717, 1.165) is 18.8 Å². The minimum Gasteiger partial charge on any atom is -0.366 e. The molecule has 0 saturated carbocycles. The molecule has 0 aliphatic heterocycles. The lowest BCUT2D eigenvalue weighted by molar-refractivity contribution is 0.769. The zero-order chi connectivity index (χ0) is 13.7. The topological polar surface area (TPSA) is 42.2 Å². The molecular weight excluding hydrogens is 234 g/mol. The lowest BCUT2D eigenvalue weighted by Gasteiger charge is -2.26. The second-order valence-corrected chi connectivity index (χ2v) is 4.68. The first kappa shape index (κ1) is 13.6. The minimum absolute atomic E-state index is 0.0361. The fourth-order valence-corrected chi connectivity index (χ4v) is 2.22. The van der Waals surface area contributed by atoms with Gasteiger partial charge in [-0.15, -0.1) is 0 Å². The maximum absolute atomic E-state index is 6.06. The molecule has 1 atom stereocenters. The van der Waals surface area contributed by atoms with Crippen LogP contribution in [0.3, 0.4) is 0 Å². The van der Waals surface area contributed by atoms with E-state index in [1.54, 1.807) is 0 Å². The van der Waals surface area contributed by atoms with E-state index in [-0.39, 0.29) is 6.04 Å². The summed E-state index contributed by atoms with van der Waals surface area (Å²) in [7, 11) is 0. The lowest BCUT2D eigenvalue weighted by Crippen LogP contribution is -2.25. The van der Waals surface area contributed by atoms with Crippen LogP contribution in [0.4, 0.5) is 5.69 Å². The Morgan fingerprint density at radius 2 is 1.89 bits per heavy atom. The number of benzene rings is 1. The van der Waals surface area contributed by atoms with Crippen LogP contribution in [0.2, 0.25) is 0 Å². The van der Waals surface area contributed by atoms with Gasteiger partial charge in [-0.2, -0.15) is 0 Å². The van der Waals surface area contributed by atoms with E-state index in [4.69, 9.17) is 5.73 Å². The third-order valence-electron chi connectivity index (χ3n) is 3.23. The largest absolute Gasteiger partial charge is 0.366 e. The van der Waals surface area contributed by atoms with Crippen LogP contribution in [0.5, 0.6) is 0 Å². The molecule has 1 aromatic carbocycles. The highest BCUT2D eigenvalue weighted by molar-refractivity contribution is 5.54. The van der Waals surface area contributed by atoms with E-state index in [0.29, 0.717) is 0 Å². The molecule has 100 valence electrons. The van der Waals surface area contributed by atoms with Crippen molar-refractivity contribution in [3.05, 3.63) is 59.9 Å². The highest BCUT2D eigenvalue weighted by atomic mass is 15.1. The molecule has 0 aliphatic rings. The zero-order valence-electron chi connectivity index (χ0n) is 11.6. The fraction of sp³-hybridized carbons (Fsp3) is 0.312. The summed E-state index contributed by atoms with van der Waals surface area (Å²) < 4.78 is 0. The zero-order valence-corrected chi connectivity index (χ0v) is 11.6. The first-order chi connectivity index (χ1) is 9.22. The molecule has 2 N–H and O–H groups in total. The fourth-order valence-electron chi connectivity index (χ4n) is 2.22. The van der Waals surface area contributed by atoms with E-state index in [2.05, 4.69) is 41.1 Å². The van der Waals surface area contributed by atoms with Crippen molar-refractivity contribution in [1.82, 2.24) is 4.98 Å². The second-order valence-electron chi connectivity index (χ2n) is 4.68. The summed E-state index contributed by atoms with van der Waals surface area (Å²) in [4.78, 5) is 6.70. The highest BCUT2D eigenvalue weighted by Gasteiger charge is 2.12. The number of hydrogen-bond acceptors (Lipinski definition) is 3. The van der Waals surface area contributed by atoms with E-state index in [1.807, 2.05) is 31.3 Å². The van der Waals surface area contributed by atoms with Crippen LogP contribution in [0.25, 0.3) is 0 Å². The molecule has 3 heteroatoms. The van der Waals surface area contributed by atoms with Gasteiger partial charge in [-0.1, -0.05) is 24.3 Å². The van der Waals surface area contributed by atoms with Crippen molar-refractivity contribution in [1.29, 1.82) is 0 Å². The maximum atomic E-state index is 6.06. The molecule has 0 bridgehead atoms. The predicted octanol–water partition coefficient (Wildman–Crippen LogP) is 3.13. The Hall–Kier alpha value is -1.87. The van der Waals surface area contributed by atoms with E-state index in [1.165, 1.54) is 11.3 Å². The van der Waals surface area contributed by atoms with Gasteiger partial charge in [-0.25, -0.2) is 0 Å². The third-order valence-corrected chi connectivity index (χ3v) is 3.23. The van der Waals surface area contributed by atoms with Crippen molar-refractivity contribution in [3.63, 3.8) is 0 Å². The van der Waals surface area contributed by atoms with Gasteiger partial charge in [0, 0.05) is 24.5 Å². The number of aromatic nitrogens is 1. The van der Waals surface area contributed by atoms with Crippen LogP contribution in [0, 0.1) is 0 Å². The van der Waals surface area contributed by atoms with Crippen molar-refractivity contribution in [2.24, 2.45) is 5.73 Å². The molecule has 2 aromatic rings. The summed E-state index contributed by atoms with van der Waals surface area (Å²) in [5, 5.41) is 0. The summed E-state index contributed by atoms with van der Waals surface area (Å²) in [6.07, 6.45) is 1.83. The summed E-state index contributed by atoms with van der Waals surface area (Å²) >= 11 is 0. The molecule has 3 nitrogen and oxygen atoms in total. The molecule has 0 saturated heterocycles. The van der Waals surface area contributed by atoms with Crippen LogP contribution in [-0.2, 0) is 6.54 Å². The predicted molar refractivity (Wildman–Crippen MR) is 80.0 cm³/mol. The number of hydrogen-bond donors (Lipinski definition) is 1. The second kappa shape index (κ2) is 6.34. The molecule has 1 heterocycles. The Bertz CT molecular complexity index is 508. The van der Waals surface area contributed by atoms with E-state index in [9.17, 15) is 0 Å². The average Bonchev–Trinajstić information content (AvgIpc) is 2.46. The summed E-state index contributed by atoms with van der Waals surface area (Å²) in [5.74, 6) is 0. The van der Waals surface area contributed by atoms with Crippen molar-refractivity contribution in [2.75, 3.05) is 11.4 Å². The van der Waals surface area contributed by atoms with Gasteiger partial charge in [-0.3, -0.25) is 4.98 Å². The molecule has 0 radical (unpaired) electrons. The normalized spacial score (nSPS) is 12.2. The maximum Gasteiger partial charge on any atom is 0.0602 e. The molecule has 0 aliphatic carbocycles. The van der Waals surface area contributed by atoms with E-state index >= 15 is 0 Å². The molecule has 0 unspecified atom stereocenters. The Kier molecular flexibility index (Phi) is 4.53. The van der Waals surface area contributed by atoms with Crippen molar-refractivity contribution in [2.45, 2.75) is 26.4 Å². The van der Waals surface area contributed by atoms with Gasteiger partial charge in [0.1, 0.15) is 0 Å². The molecule has 0 fully saturated rings. The molecule has 0 spiro atoms. The van der Waals surface area contributed by atoms with Gasteiger partial charge in [-0.05, 0) is 37.6 Å². The number of para-hydroxylation sites is 1. The summed E-state index contributed by atoms with van der Waals surface area (Å²) in [6.45, 7) is 5.91. The van der Waals surface area contributed by atoms with Crippen LogP contribution in [0.1, 0.15) is 31.1 Å². The van der Waals surface area contributed by atoms with Gasteiger partial charge < -0.3 is 10.6 Å². The van der Waals surface area contributed by atoms with Gasteiger partial charge >= 0.3 is 0 Å². The quantitative estimate of drug-likeness (QED) is 0.892. The third kappa shape index (κ3) is 3.32. The lowest BCUT2D eigenvalue weighted by atomic mass is 10.1.